The predicted molar refractivity (Wildman–Crippen MR) is 82.5 cm³/mol. The molecule has 5 nitrogen and oxygen atoms in total. The zero-order valence-corrected chi connectivity index (χ0v) is 12.6. The largest absolute Gasteiger partial charge is 0.370 e. The van der Waals surface area contributed by atoms with Crippen molar-refractivity contribution in [3.8, 4) is 11.8 Å². The first-order chi connectivity index (χ1) is 9.75. The number of nitrogens with two attached hydrogens (primary N) is 2. The number of amides is 2. The topological polar surface area (TPSA) is 98.2 Å². The summed E-state index contributed by atoms with van der Waals surface area (Å²) in [5, 5.41) is 2.82. The molecule has 0 atom stereocenters. The Morgan fingerprint density at radius 2 is 2.00 bits per heavy atom. The van der Waals surface area contributed by atoms with Crippen molar-refractivity contribution in [2.45, 2.75) is 32.7 Å². The van der Waals surface area contributed by atoms with Crippen molar-refractivity contribution in [1.82, 2.24) is 5.32 Å². The molecule has 1 aromatic rings. The SMILES string of the molecule is Cc1ccc(C#CCN)cc1C(=O)NC(C)(C)CC(N)=O. The number of hydrogen-bond acceptors (Lipinski definition) is 3. The molecule has 1 aromatic carbocycles. The molecule has 0 unspecified atom stereocenters. The van der Waals surface area contributed by atoms with E-state index in [0.29, 0.717) is 5.56 Å². The Hall–Kier alpha value is -2.32. The molecule has 0 bridgehead atoms. The minimum atomic E-state index is -0.700. The van der Waals surface area contributed by atoms with Crippen LogP contribution in [-0.4, -0.2) is 23.9 Å². The lowest BCUT2D eigenvalue weighted by Crippen LogP contribution is -2.46. The van der Waals surface area contributed by atoms with Crippen LogP contribution in [0.3, 0.4) is 0 Å². The Morgan fingerprint density at radius 1 is 1.33 bits per heavy atom. The van der Waals surface area contributed by atoms with Crippen LogP contribution in [0.25, 0.3) is 0 Å². The molecule has 5 heteroatoms. The molecule has 5 N–H and O–H groups in total. The number of benzene rings is 1. The molecule has 0 radical (unpaired) electrons. The van der Waals surface area contributed by atoms with Crippen LogP contribution in [0.1, 0.15) is 41.8 Å². The van der Waals surface area contributed by atoms with Crippen molar-refractivity contribution in [3.63, 3.8) is 0 Å². The minimum absolute atomic E-state index is 0.0739. The highest BCUT2D eigenvalue weighted by atomic mass is 16.2. The molecule has 21 heavy (non-hydrogen) atoms. The van der Waals surface area contributed by atoms with E-state index in [2.05, 4.69) is 17.2 Å². The minimum Gasteiger partial charge on any atom is -0.370 e. The third-order valence-electron chi connectivity index (χ3n) is 2.89. The number of primary amides is 1. The lowest BCUT2D eigenvalue weighted by molar-refractivity contribution is -0.119. The van der Waals surface area contributed by atoms with E-state index in [1.165, 1.54) is 0 Å². The summed E-state index contributed by atoms with van der Waals surface area (Å²) >= 11 is 0. The maximum absolute atomic E-state index is 12.4. The van der Waals surface area contributed by atoms with Gasteiger partial charge in [-0.3, -0.25) is 9.59 Å². The zero-order valence-electron chi connectivity index (χ0n) is 12.6. The summed E-state index contributed by atoms with van der Waals surface area (Å²) in [6.07, 6.45) is 0.0739. The Bertz CT molecular complexity index is 610. The highest BCUT2D eigenvalue weighted by Crippen LogP contribution is 2.14. The Balaban J connectivity index is 2.99. The molecule has 0 heterocycles. The van der Waals surface area contributed by atoms with E-state index in [1.54, 1.807) is 19.9 Å². The number of carbonyl (C=O) groups is 2. The summed E-state index contributed by atoms with van der Waals surface area (Å²) in [6.45, 7) is 5.61. The lowest BCUT2D eigenvalue weighted by atomic mass is 9.98. The van der Waals surface area contributed by atoms with Crippen LogP contribution in [-0.2, 0) is 4.79 Å². The van der Waals surface area contributed by atoms with Gasteiger partial charge in [0.2, 0.25) is 5.91 Å². The van der Waals surface area contributed by atoms with Gasteiger partial charge in [0.15, 0.2) is 0 Å². The van der Waals surface area contributed by atoms with Gasteiger partial charge in [-0.1, -0.05) is 17.9 Å². The highest BCUT2D eigenvalue weighted by molar-refractivity contribution is 5.96. The molecular weight excluding hydrogens is 266 g/mol. The van der Waals surface area contributed by atoms with Crippen molar-refractivity contribution < 1.29 is 9.59 Å². The summed E-state index contributed by atoms with van der Waals surface area (Å²) in [5.74, 6) is 4.93. The van der Waals surface area contributed by atoms with Gasteiger partial charge >= 0.3 is 0 Å². The molecule has 0 aromatic heterocycles. The van der Waals surface area contributed by atoms with Crippen LogP contribution in [0.5, 0.6) is 0 Å². The molecule has 0 aliphatic carbocycles. The molecule has 0 fully saturated rings. The monoisotopic (exact) mass is 287 g/mol. The fourth-order valence-corrected chi connectivity index (χ4v) is 1.95. The summed E-state index contributed by atoms with van der Waals surface area (Å²) < 4.78 is 0. The van der Waals surface area contributed by atoms with Gasteiger partial charge in [-0.25, -0.2) is 0 Å². The smallest absolute Gasteiger partial charge is 0.252 e. The summed E-state index contributed by atoms with van der Waals surface area (Å²) in [5.41, 5.74) is 11.9. The summed E-state index contributed by atoms with van der Waals surface area (Å²) in [7, 11) is 0. The molecule has 2 amide bonds. The van der Waals surface area contributed by atoms with Crippen LogP contribution in [0, 0.1) is 18.8 Å². The van der Waals surface area contributed by atoms with Crippen molar-refractivity contribution in [3.05, 3.63) is 34.9 Å². The molecular formula is C16H21N3O2. The molecule has 0 saturated heterocycles. The second-order valence-electron chi connectivity index (χ2n) is 5.52. The second kappa shape index (κ2) is 6.91. The number of carbonyl (C=O) groups excluding carboxylic acids is 2. The molecule has 0 aliphatic heterocycles. The quantitative estimate of drug-likeness (QED) is 0.710. The number of nitrogens with one attached hydrogen (secondary N) is 1. The van der Waals surface area contributed by atoms with Crippen LogP contribution < -0.4 is 16.8 Å². The van der Waals surface area contributed by atoms with Gasteiger partial charge in [0.25, 0.3) is 5.91 Å². The molecule has 112 valence electrons. The van der Waals surface area contributed by atoms with Crippen molar-refractivity contribution in [2.24, 2.45) is 11.5 Å². The summed E-state index contributed by atoms with van der Waals surface area (Å²) in [6, 6.07) is 5.38. The normalized spacial score (nSPS) is 10.5. The van der Waals surface area contributed by atoms with Crippen LogP contribution >= 0.6 is 0 Å². The maximum atomic E-state index is 12.4. The highest BCUT2D eigenvalue weighted by Gasteiger charge is 2.24. The van der Waals surface area contributed by atoms with Crippen LogP contribution in [0.15, 0.2) is 18.2 Å². The van der Waals surface area contributed by atoms with E-state index in [1.807, 2.05) is 19.1 Å². The third-order valence-corrected chi connectivity index (χ3v) is 2.89. The first kappa shape index (κ1) is 16.7. The first-order valence-electron chi connectivity index (χ1n) is 6.65. The molecule has 0 spiro atoms. The van der Waals surface area contributed by atoms with E-state index >= 15 is 0 Å². The van der Waals surface area contributed by atoms with Crippen molar-refractivity contribution in [2.75, 3.05) is 6.54 Å². The van der Waals surface area contributed by atoms with Gasteiger partial charge < -0.3 is 16.8 Å². The average Bonchev–Trinajstić information content (AvgIpc) is 2.35. The maximum Gasteiger partial charge on any atom is 0.252 e. The van der Waals surface area contributed by atoms with Crippen molar-refractivity contribution in [1.29, 1.82) is 0 Å². The van der Waals surface area contributed by atoms with E-state index in [4.69, 9.17) is 11.5 Å². The standard InChI is InChI=1S/C16H21N3O2/c1-11-6-7-12(5-4-8-17)9-13(11)15(21)19-16(2,3)10-14(18)20/h6-7,9H,8,10,17H2,1-3H3,(H2,18,20)(H,19,21). The van der Waals surface area contributed by atoms with Gasteiger partial charge in [0.1, 0.15) is 0 Å². The number of aryl methyl sites for hydroxylation is 1. The summed E-state index contributed by atoms with van der Waals surface area (Å²) in [4.78, 5) is 23.4. The van der Waals surface area contributed by atoms with Gasteiger partial charge in [-0.2, -0.15) is 0 Å². The van der Waals surface area contributed by atoms with Gasteiger partial charge in [-0.05, 0) is 38.5 Å². The Kier molecular flexibility index (Phi) is 5.51. The van der Waals surface area contributed by atoms with E-state index in [-0.39, 0.29) is 18.9 Å². The zero-order chi connectivity index (χ0) is 16.0. The number of hydrogen-bond donors (Lipinski definition) is 3. The number of rotatable bonds is 4. The predicted octanol–water partition coefficient (Wildman–Crippen LogP) is 0.689. The average molecular weight is 287 g/mol. The molecule has 1 rings (SSSR count). The fraction of sp³-hybridized carbons (Fsp3) is 0.375. The first-order valence-corrected chi connectivity index (χ1v) is 6.65. The van der Waals surface area contributed by atoms with E-state index in [9.17, 15) is 9.59 Å². The van der Waals surface area contributed by atoms with Crippen molar-refractivity contribution >= 4 is 11.8 Å². The van der Waals surface area contributed by atoms with E-state index < -0.39 is 11.4 Å². The molecule has 0 saturated carbocycles. The lowest BCUT2D eigenvalue weighted by Gasteiger charge is -2.25. The Morgan fingerprint density at radius 3 is 2.57 bits per heavy atom. The second-order valence-corrected chi connectivity index (χ2v) is 5.52. The van der Waals surface area contributed by atoms with Crippen LogP contribution in [0.2, 0.25) is 0 Å². The third kappa shape index (κ3) is 5.28. The van der Waals surface area contributed by atoms with Gasteiger partial charge in [0, 0.05) is 23.1 Å². The van der Waals surface area contributed by atoms with E-state index in [0.717, 1.165) is 11.1 Å². The van der Waals surface area contributed by atoms with Gasteiger partial charge in [-0.15, -0.1) is 0 Å². The van der Waals surface area contributed by atoms with Gasteiger partial charge in [0.05, 0.1) is 6.54 Å². The fourth-order valence-electron chi connectivity index (χ4n) is 1.95. The molecule has 0 aliphatic rings. The Labute approximate surface area is 125 Å². The van der Waals surface area contributed by atoms with Crippen LogP contribution in [0.4, 0.5) is 0 Å².